The van der Waals surface area contributed by atoms with Gasteiger partial charge >= 0.3 is 6.03 Å². The predicted octanol–water partition coefficient (Wildman–Crippen LogP) is 2.90. The maximum Gasteiger partial charge on any atom is 0.317 e. The second-order valence-electron chi connectivity index (χ2n) is 8.51. The summed E-state index contributed by atoms with van der Waals surface area (Å²) in [5.41, 5.74) is 1.07. The van der Waals surface area contributed by atoms with Gasteiger partial charge in [0.25, 0.3) is 0 Å². The summed E-state index contributed by atoms with van der Waals surface area (Å²) < 4.78 is 2.24. The van der Waals surface area contributed by atoms with Gasteiger partial charge in [-0.2, -0.15) is 0 Å². The average molecular weight is 425 g/mol. The molecule has 1 atom stereocenters. The Balaban J connectivity index is 1.29. The van der Waals surface area contributed by atoms with E-state index in [4.69, 9.17) is 0 Å². The van der Waals surface area contributed by atoms with E-state index in [1.807, 2.05) is 35.2 Å². The lowest BCUT2D eigenvalue weighted by molar-refractivity contribution is -0.132. The minimum absolute atomic E-state index is 0.00306. The van der Waals surface area contributed by atoms with Gasteiger partial charge in [-0.3, -0.25) is 4.79 Å². The quantitative estimate of drug-likeness (QED) is 0.773. The molecule has 1 fully saturated rings. The summed E-state index contributed by atoms with van der Waals surface area (Å²) in [4.78, 5) is 28.9. The lowest BCUT2D eigenvalue weighted by Gasteiger charge is -2.25. The molecular formula is C23H32N6O2. The number of carbonyl (C=O) groups excluding carboxylic acids is 2. The fraction of sp³-hybridized carbons (Fsp3) is 0.565. The van der Waals surface area contributed by atoms with Gasteiger partial charge in [0.1, 0.15) is 5.82 Å². The Kier molecular flexibility index (Phi) is 6.84. The van der Waals surface area contributed by atoms with Crippen LogP contribution in [0, 0.1) is 0 Å². The molecule has 0 bridgehead atoms. The van der Waals surface area contributed by atoms with Crippen LogP contribution in [0.15, 0.2) is 30.3 Å². The van der Waals surface area contributed by atoms with Gasteiger partial charge in [-0.05, 0) is 31.2 Å². The van der Waals surface area contributed by atoms with Crippen LogP contribution >= 0.6 is 0 Å². The van der Waals surface area contributed by atoms with Crippen molar-refractivity contribution in [2.75, 3.05) is 20.1 Å². The van der Waals surface area contributed by atoms with Crippen molar-refractivity contribution < 1.29 is 9.59 Å². The van der Waals surface area contributed by atoms with Crippen LogP contribution in [-0.2, 0) is 24.3 Å². The Bertz CT molecular complexity index is 897. The van der Waals surface area contributed by atoms with Crippen molar-refractivity contribution >= 4 is 11.9 Å². The van der Waals surface area contributed by atoms with E-state index in [0.29, 0.717) is 19.5 Å². The third-order valence-electron chi connectivity index (χ3n) is 6.23. The van der Waals surface area contributed by atoms with Crippen LogP contribution < -0.4 is 5.32 Å². The number of amides is 3. The zero-order valence-electron chi connectivity index (χ0n) is 18.3. The van der Waals surface area contributed by atoms with Gasteiger partial charge in [0.15, 0.2) is 5.82 Å². The number of fused-ring (bicyclic) bond motifs is 1. The van der Waals surface area contributed by atoms with Gasteiger partial charge in [0.2, 0.25) is 5.91 Å². The highest BCUT2D eigenvalue weighted by molar-refractivity contribution is 5.78. The van der Waals surface area contributed by atoms with Crippen molar-refractivity contribution in [1.29, 1.82) is 0 Å². The third kappa shape index (κ3) is 5.06. The Morgan fingerprint density at radius 1 is 1.10 bits per heavy atom. The Morgan fingerprint density at radius 3 is 2.77 bits per heavy atom. The number of hydrogen-bond acceptors (Lipinski definition) is 4. The van der Waals surface area contributed by atoms with Crippen LogP contribution in [0.2, 0.25) is 0 Å². The van der Waals surface area contributed by atoms with Gasteiger partial charge < -0.3 is 19.7 Å². The molecule has 1 aromatic heterocycles. The van der Waals surface area contributed by atoms with Gasteiger partial charge in [0, 0.05) is 46.1 Å². The van der Waals surface area contributed by atoms with Crippen molar-refractivity contribution in [3.05, 3.63) is 47.5 Å². The highest BCUT2D eigenvalue weighted by Crippen LogP contribution is 2.32. The Hall–Kier alpha value is -2.90. The standard InChI is InChI=1S/C23H32N6O2/c1-27(17-18-9-4-2-5-10-18)23(31)24-14-13-21(30)28-16-8-11-19(28)22-26-25-20-12-6-3-7-15-29(20)22/h2,4-5,9-10,19H,3,6-8,11-17H2,1H3,(H,24,31). The molecule has 8 heteroatoms. The molecule has 2 aromatic rings. The second-order valence-corrected chi connectivity index (χ2v) is 8.51. The van der Waals surface area contributed by atoms with E-state index < -0.39 is 0 Å². The highest BCUT2D eigenvalue weighted by Gasteiger charge is 2.34. The van der Waals surface area contributed by atoms with Crippen molar-refractivity contribution in [2.24, 2.45) is 0 Å². The third-order valence-corrected chi connectivity index (χ3v) is 6.23. The molecule has 31 heavy (non-hydrogen) atoms. The van der Waals surface area contributed by atoms with E-state index in [0.717, 1.165) is 62.4 Å². The average Bonchev–Trinajstić information content (AvgIpc) is 3.35. The van der Waals surface area contributed by atoms with E-state index in [1.54, 1.807) is 11.9 Å². The number of benzene rings is 1. The summed E-state index contributed by atoms with van der Waals surface area (Å²) in [6, 6.07) is 9.69. The van der Waals surface area contributed by atoms with E-state index in [1.165, 1.54) is 6.42 Å². The van der Waals surface area contributed by atoms with Crippen LogP contribution in [-0.4, -0.2) is 56.6 Å². The van der Waals surface area contributed by atoms with E-state index >= 15 is 0 Å². The van der Waals surface area contributed by atoms with Crippen molar-refractivity contribution in [3.8, 4) is 0 Å². The molecule has 3 amide bonds. The van der Waals surface area contributed by atoms with Crippen molar-refractivity contribution in [2.45, 2.75) is 64.1 Å². The van der Waals surface area contributed by atoms with E-state index in [-0.39, 0.29) is 18.0 Å². The number of nitrogens with zero attached hydrogens (tertiary/aromatic N) is 5. The van der Waals surface area contributed by atoms with E-state index in [9.17, 15) is 9.59 Å². The lowest BCUT2D eigenvalue weighted by Crippen LogP contribution is -2.39. The molecule has 2 aliphatic heterocycles. The molecule has 166 valence electrons. The van der Waals surface area contributed by atoms with Crippen LogP contribution in [0.25, 0.3) is 0 Å². The topological polar surface area (TPSA) is 83.4 Å². The van der Waals surface area contributed by atoms with Crippen LogP contribution in [0.1, 0.15) is 61.8 Å². The first kappa shape index (κ1) is 21.3. The molecule has 0 aliphatic carbocycles. The number of rotatable bonds is 6. The first-order chi connectivity index (χ1) is 15.1. The zero-order valence-corrected chi connectivity index (χ0v) is 18.3. The number of likely N-dealkylation sites (tertiary alicyclic amines) is 1. The molecule has 0 saturated carbocycles. The van der Waals surface area contributed by atoms with Gasteiger partial charge in [0.05, 0.1) is 6.04 Å². The number of aromatic nitrogens is 3. The second kappa shape index (κ2) is 9.94. The maximum atomic E-state index is 12.9. The van der Waals surface area contributed by atoms with Crippen molar-refractivity contribution in [1.82, 2.24) is 29.9 Å². The molecule has 3 heterocycles. The molecule has 2 aliphatic rings. The van der Waals surface area contributed by atoms with E-state index in [2.05, 4.69) is 20.1 Å². The van der Waals surface area contributed by atoms with Crippen molar-refractivity contribution in [3.63, 3.8) is 0 Å². The van der Waals surface area contributed by atoms with Crippen LogP contribution in [0.3, 0.4) is 0 Å². The van der Waals surface area contributed by atoms with Crippen LogP contribution in [0.5, 0.6) is 0 Å². The van der Waals surface area contributed by atoms with Gasteiger partial charge in [-0.1, -0.05) is 36.8 Å². The number of nitrogens with one attached hydrogen (secondary N) is 1. The summed E-state index contributed by atoms with van der Waals surface area (Å²) >= 11 is 0. The molecule has 1 unspecified atom stereocenters. The largest absolute Gasteiger partial charge is 0.337 e. The summed E-state index contributed by atoms with van der Waals surface area (Å²) in [5.74, 6) is 2.06. The molecular weight excluding hydrogens is 392 g/mol. The predicted molar refractivity (Wildman–Crippen MR) is 117 cm³/mol. The summed E-state index contributed by atoms with van der Waals surface area (Å²) in [7, 11) is 1.76. The monoisotopic (exact) mass is 424 g/mol. The maximum absolute atomic E-state index is 12.9. The number of hydrogen-bond donors (Lipinski definition) is 1. The lowest BCUT2D eigenvalue weighted by atomic mass is 10.2. The minimum Gasteiger partial charge on any atom is -0.337 e. The highest BCUT2D eigenvalue weighted by atomic mass is 16.2. The Labute approximate surface area is 183 Å². The molecule has 1 saturated heterocycles. The Morgan fingerprint density at radius 2 is 1.94 bits per heavy atom. The smallest absolute Gasteiger partial charge is 0.317 e. The zero-order chi connectivity index (χ0) is 21.6. The first-order valence-electron chi connectivity index (χ1n) is 11.4. The molecule has 8 nitrogen and oxygen atoms in total. The molecule has 0 spiro atoms. The van der Waals surface area contributed by atoms with Gasteiger partial charge in [-0.25, -0.2) is 4.79 Å². The summed E-state index contributed by atoms with van der Waals surface area (Å²) in [6.07, 6.45) is 6.68. The fourth-order valence-electron chi connectivity index (χ4n) is 4.57. The SMILES string of the molecule is CN(Cc1ccccc1)C(=O)NCCC(=O)N1CCCC1c1nnc2n1CCCCC2. The van der Waals surface area contributed by atoms with Gasteiger partial charge in [-0.15, -0.1) is 10.2 Å². The molecule has 1 N–H and O–H groups in total. The number of urea groups is 1. The van der Waals surface area contributed by atoms with Crippen LogP contribution in [0.4, 0.5) is 4.79 Å². The molecule has 4 rings (SSSR count). The molecule has 0 radical (unpaired) electrons. The fourth-order valence-corrected chi connectivity index (χ4v) is 4.57. The summed E-state index contributed by atoms with van der Waals surface area (Å²) in [6.45, 7) is 2.55. The number of aryl methyl sites for hydroxylation is 1. The minimum atomic E-state index is -0.169. The summed E-state index contributed by atoms with van der Waals surface area (Å²) in [5, 5.41) is 11.7. The molecule has 1 aromatic carbocycles. The normalized spacial score (nSPS) is 18.4. The number of carbonyl (C=O) groups is 2. The first-order valence-corrected chi connectivity index (χ1v) is 11.4.